The average Bonchev–Trinajstić information content (AvgIpc) is 2.64. The molecule has 0 amide bonds. The third-order valence-corrected chi connectivity index (χ3v) is 2.82. The molecule has 0 atom stereocenters. The summed E-state index contributed by atoms with van der Waals surface area (Å²) in [6.45, 7) is 5.49. The van der Waals surface area contributed by atoms with Gasteiger partial charge in [-0.3, -0.25) is 0 Å². The molecule has 1 aliphatic rings. The van der Waals surface area contributed by atoms with Gasteiger partial charge in [0, 0.05) is 17.8 Å². The fourth-order valence-corrected chi connectivity index (χ4v) is 2.09. The van der Waals surface area contributed by atoms with Gasteiger partial charge >= 0.3 is 0 Å². The highest BCUT2D eigenvalue weighted by atomic mass is 16.5. The Hall–Kier alpha value is -1.18. The Morgan fingerprint density at radius 2 is 2.14 bits per heavy atom. The van der Waals surface area contributed by atoms with Crippen LogP contribution in [0.3, 0.4) is 0 Å². The highest BCUT2D eigenvalue weighted by molar-refractivity contribution is 5.66. The van der Waals surface area contributed by atoms with Crippen LogP contribution >= 0.6 is 0 Å². The van der Waals surface area contributed by atoms with Crippen molar-refractivity contribution in [1.82, 2.24) is 0 Å². The maximum Gasteiger partial charge on any atom is 0.124 e. The van der Waals surface area contributed by atoms with Crippen molar-refractivity contribution < 1.29 is 4.74 Å². The van der Waals surface area contributed by atoms with Gasteiger partial charge in [0.15, 0.2) is 0 Å². The van der Waals surface area contributed by atoms with Gasteiger partial charge in [0.05, 0.1) is 7.11 Å². The molecule has 1 aromatic carbocycles. The Labute approximate surface area is 85.3 Å². The van der Waals surface area contributed by atoms with Gasteiger partial charge in [0.25, 0.3) is 0 Å². The zero-order valence-corrected chi connectivity index (χ0v) is 9.05. The van der Waals surface area contributed by atoms with Crippen LogP contribution in [0, 0.1) is 0 Å². The number of fused-ring (bicyclic) bond motifs is 1. The molecule has 0 bridgehead atoms. The summed E-state index contributed by atoms with van der Waals surface area (Å²) in [7, 11) is 1.74. The molecule has 0 fully saturated rings. The summed E-state index contributed by atoms with van der Waals surface area (Å²) in [5.74, 6) is 1.59. The number of anilines is 1. The predicted molar refractivity (Wildman–Crippen MR) is 59.3 cm³/mol. The Bertz CT molecular complexity index is 344. The maximum absolute atomic E-state index is 5.35. The van der Waals surface area contributed by atoms with Crippen LogP contribution in [0.15, 0.2) is 12.1 Å². The smallest absolute Gasteiger partial charge is 0.124 e. The molecule has 0 radical (unpaired) electrons. The van der Waals surface area contributed by atoms with Crippen molar-refractivity contribution in [3.05, 3.63) is 23.3 Å². The second-order valence-corrected chi connectivity index (χ2v) is 4.04. The molecule has 0 aliphatic carbocycles. The average molecular weight is 191 g/mol. The van der Waals surface area contributed by atoms with Gasteiger partial charge in [-0.1, -0.05) is 19.9 Å². The van der Waals surface area contributed by atoms with Crippen molar-refractivity contribution in [2.75, 3.05) is 19.0 Å². The molecular weight excluding hydrogens is 174 g/mol. The van der Waals surface area contributed by atoms with Crippen LogP contribution in [0.4, 0.5) is 5.69 Å². The first-order chi connectivity index (χ1) is 6.74. The van der Waals surface area contributed by atoms with Crippen molar-refractivity contribution in [1.29, 1.82) is 0 Å². The van der Waals surface area contributed by atoms with E-state index < -0.39 is 0 Å². The summed E-state index contributed by atoms with van der Waals surface area (Å²) in [4.78, 5) is 0. The molecule has 0 aromatic heterocycles. The minimum absolute atomic E-state index is 0.570. The quantitative estimate of drug-likeness (QED) is 0.776. The Balaban J connectivity index is 2.53. The zero-order chi connectivity index (χ0) is 10.1. The molecule has 1 heterocycles. The lowest BCUT2D eigenvalue weighted by atomic mass is 9.98. The molecule has 1 aliphatic heterocycles. The predicted octanol–water partition coefficient (Wildman–Crippen LogP) is 2.79. The first-order valence-corrected chi connectivity index (χ1v) is 5.17. The van der Waals surface area contributed by atoms with Crippen LogP contribution in [0.5, 0.6) is 5.75 Å². The van der Waals surface area contributed by atoms with Gasteiger partial charge in [-0.15, -0.1) is 0 Å². The fourth-order valence-electron chi connectivity index (χ4n) is 2.09. The van der Waals surface area contributed by atoms with E-state index in [2.05, 4.69) is 31.3 Å². The summed E-state index contributed by atoms with van der Waals surface area (Å²) in [6.07, 6.45) is 1.08. The number of benzene rings is 1. The van der Waals surface area contributed by atoms with Gasteiger partial charge in [-0.25, -0.2) is 0 Å². The van der Waals surface area contributed by atoms with Crippen molar-refractivity contribution in [3.63, 3.8) is 0 Å². The third kappa shape index (κ3) is 1.35. The highest BCUT2D eigenvalue weighted by Gasteiger charge is 2.19. The summed E-state index contributed by atoms with van der Waals surface area (Å²) < 4.78 is 5.35. The summed E-state index contributed by atoms with van der Waals surface area (Å²) in [5, 5.41) is 3.44. The lowest BCUT2D eigenvalue weighted by molar-refractivity contribution is 0.411. The Morgan fingerprint density at radius 3 is 2.79 bits per heavy atom. The van der Waals surface area contributed by atoms with Crippen molar-refractivity contribution in [2.45, 2.75) is 26.2 Å². The van der Waals surface area contributed by atoms with E-state index in [9.17, 15) is 0 Å². The number of hydrogen-bond donors (Lipinski definition) is 1. The molecular formula is C12H17NO. The molecule has 0 spiro atoms. The SMILES string of the molecule is COc1ccc(C(C)C)c2c1CCN2. The van der Waals surface area contributed by atoms with Crippen LogP contribution in [0.25, 0.3) is 0 Å². The first kappa shape index (κ1) is 9.38. The van der Waals surface area contributed by atoms with Crippen LogP contribution < -0.4 is 10.1 Å². The Kier molecular flexibility index (Phi) is 2.36. The van der Waals surface area contributed by atoms with E-state index in [1.54, 1.807) is 7.11 Å². The minimum Gasteiger partial charge on any atom is -0.496 e. The molecule has 0 saturated heterocycles. The van der Waals surface area contributed by atoms with Crippen molar-refractivity contribution >= 4 is 5.69 Å². The monoisotopic (exact) mass is 191 g/mol. The van der Waals surface area contributed by atoms with Gasteiger partial charge in [-0.05, 0) is 24.0 Å². The summed E-state index contributed by atoms with van der Waals surface area (Å²) >= 11 is 0. The number of methoxy groups -OCH3 is 1. The van der Waals surface area contributed by atoms with Crippen molar-refractivity contribution in [2.24, 2.45) is 0 Å². The van der Waals surface area contributed by atoms with E-state index in [4.69, 9.17) is 4.74 Å². The van der Waals surface area contributed by atoms with E-state index in [0.717, 1.165) is 18.7 Å². The van der Waals surface area contributed by atoms with Crippen LogP contribution in [-0.2, 0) is 6.42 Å². The van der Waals surface area contributed by atoms with Crippen LogP contribution in [0.1, 0.15) is 30.9 Å². The topological polar surface area (TPSA) is 21.3 Å². The molecule has 1 aromatic rings. The van der Waals surface area contributed by atoms with Crippen LogP contribution in [0.2, 0.25) is 0 Å². The lowest BCUT2D eigenvalue weighted by Crippen LogP contribution is -1.98. The molecule has 1 N–H and O–H groups in total. The lowest BCUT2D eigenvalue weighted by Gasteiger charge is -2.14. The number of hydrogen-bond acceptors (Lipinski definition) is 2. The standard InChI is InChI=1S/C12H17NO/c1-8(2)9-4-5-11(14-3)10-6-7-13-12(9)10/h4-5,8,13H,6-7H2,1-3H3. The molecule has 76 valence electrons. The number of nitrogens with one attached hydrogen (secondary N) is 1. The van der Waals surface area contributed by atoms with Gasteiger partial charge < -0.3 is 10.1 Å². The van der Waals surface area contributed by atoms with E-state index in [0.29, 0.717) is 5.92 Å². The maximum atomic E-state index is 5.35. The van der Waals surface area contributed by atoms with E-state index in [1.807, 2.05) is 0 Å². The largest absolute Gasteiger partial charge is 0.496 e. The highest BCUT2D eigenvalue weighted by Crippen LogP contribution is 2.37. The Morgan fingerprint density at radius 1 is 1.36 bits per heavy atom. The zero-order valence-electron chi connectivity index (χ0n) is 9.05. The minimum atomic E-state index is 0.570. The van der Waals surface area contributed by atoms with E-state index in [1.165, 1.54) is 16.8 Å². The van der Waals surface area contributed by atoms with Gasteiger partial charge in [0.1, 0.15) is 5.75 Å². The van der Waals surface area contributed by atoms with Gasteiger partial charge in [-0.2, -0.15) is 0 Å². The van der Waals surface area contributed by atoms with Crippen LogP contribution in [-0.4, -0.2) is 13.7 Å². The van der Waals surface area contributed by atoms with Gasteiger partial charge in [0.2, 0.25) is 0 Å². The summed E-state index contributed by atoms with van der Waals surface area (Å²) in [5.41, 5.74) is 4.05. The molecule has 14 heavy (non-hydrogen) atoms. The number of rotatable bonds is 2. The fraction of sp³-hybridized carbons (Fsp3) is 0.500. The molecule has 0 unspecified atom stereocenters. The summed E-state index contributed by atoms with van der Waals surface area (Å²) in [6, 6.07) is 4.25. The molecule has 2 nitrogen and oxygen atoms in total. The second kappa shape index (κ2) is 3.52. The van der Waals surface area contributed by atoms with E-state index in [-0.39, 0.29) is 0 Å². The normalized spacial score (nSPS) is 14.0. The van der Waals surface area contributed by atoms with Crippen molar-refractivity contribution in [3.8, 4) is 5.75 Å². The molecule has 0 saturated carbocycles. The second-order valence-electron chi connectivity index (χ2n) is 4.04. The molecule has 2 heteroatoms. The van der Waals surface area contributed by atoms with E-state index >= 15 is 0 Å². The molecule has 2 rings (SSSR count). The first-order valence-electron chi connectivity index (χ1n) is 5.17. The number of ether oxygens (including phenoxy) is 1. The third-order valence-electron chi connectivity index (χ3n) is 2.82.